The molecule has 3 atom stereocenters. The number of nitrogens with two attached hydrogens (primary N) is 1. The largest absolute Gasteiger partial charge is 0.386 e. The number of carbonyl (C=O) groups is 1. The summed E-state index contributed by atoms with van der Waals surface area (Å²) < 4.78 is 17.2. The molecule has 0 spiro atoms. The van der Waals surface area contributed by atoms with Gasteiger partial charge in [0.15, 0.2) is 0 Å². The number of H-pyrrole nitrogens is 2. The van der Waals surface area contributed by atoms with Gasteiger partial charge in [-0.2, -0.15) is 0 Å². The molecular formula is C31H28ClFN4O4. The zero-order chi connectivity index (χ0) is 29.4. The molecule has 0 fully saturated rings. The van der Waals surface area contributed by atoms with Gasteiger partial charge in [-0.1, -0.05) is 41.9 Å². The minimum absolute atomic E-state index is 0.128. The summed E-state index contributed by atoms with van der Waals surface area (Å²) in [6.07, 6.45) is -1.61. The van der Waals surface area contributed by atoms with Gasteiger partial charge in [0.2, 0.25) is 5.91 Å². The van der Waals surface area contributed by atoms with Gasteiger partial charge >= 0.3 is 5.69 Å². The molecule has 2 heterocycles. The van der Waals surface area contributed by atoms with E-state index in [1.54, 1.807) is 69.3 Å². The van der Waals surface area contributed by atoms with Crippen LogP contribution in [0, 0.1) is 6.92 Å². The number of nitrogens with zero attached hydrogens (tertiary/aromatic N) is 1. The van der Waals surface area contributed by atoms with Gasteiger partial charge in [0.05, 0.1) is 33.1 Å². The molecule has 6 rings (SSSR count). The second-order valence-electron chi connectivity index (χ2n) is 11.2. The zero-order valence-electron chi connectivity index (χ0n) is 22.6. The van der Waals surface area contributed by atoms with Gasteiger partial charge < -0.3 is 20.8 Å². The van der Waals surface area contributed by atoms with E-state index >= 15 is 4.39 Å². The second kappa shape index (κ2) is 9.43. The lowest BCUT2D eigenvalue weighted by Gasteiger charge is -2.32. The molecule has 0 bridgehead atoms. The molecule has 41 heavy (non-hydrogen) atoms. The Labute approximate surface area is 238 Å². The summed E-state index contributed by atoms with van der Waals surface area (Å²) in [6, 6.07) is 15.3. The normalized spacial score (nSPS) is 19.0. The van der Waals surface area contributed by atoms with Crippen LogP contribution >= 0.6 is 11.6 Å². The summed E-state index contributed by atoms with van der Waals surface area (Å²) in [7, 11) is 0. The van der Waals surface area contributed by atoms with Crippen molar-refractivity contribution in [2.45, 2.75) is 50.8 Å². The lowest BCUT2D eigenvalue weighted by Crippen LogP contribution is -2.35. The molecule has 5 N–H and O–H groups in total. The summed E-state index contributed by atoms with van der Waals surface area (Å²) in [5.74, 6) is -2.32. The van der Waals surface area contributed by atoms with E-state index in [0.29, 0.717) is 44.5 Å². The molecule has 2 aromatic heterocycles. The van der Waals surface area contributed by atoms with Crippen LogP contribution in [-0.2, 0) is 10.4 Å². The van der Waals surface area contributed by atoms with Crippen LogP contribution in [0.3, 0.4) is 0 Å². The van der Waals surface area contributed by atoms with Crippen LogP contribution < -0.4 is 17.0 Å². The van der Waals surface area contributed by atoms with E-state index in [1.165, 1.54) is 0 Å². The molecule has 10 heteroatoms. The Morgan fingerprint density at radius 1 is 1.10 bits per heavy atom. The molecule has 5 aromatic rings. The van der Waals surface area contributed by atoms with Gasteiger partial charge in [-0.25, -0.2) is 13.8 Å². The number of rotatable bonds is 4. The molecule has 0 radical (unpaired) electrons. The minimum atomic E-state index is -1.48. The fourth-order valence-corrected chi connectivity index (χ4v) is 6.36. The number of amides is 1. The molecule has 0 saturated carbocycles. The summed E-state index contributed by atoms with van der Waals surface area (Å²) in [6.45, 7) is 5.08. The predicted molar refractivity (Wildman–Crippen MR) is 157 cm³/mol. The van der Waals surface area contributed by atoms with Gasteiger partial charge in [0.1, 0.15) is 6.17 Å². The Bertz CT molecular complexity index is 2000. The fourth-order valence-electron chi connectivity index (χ4n) is 6.14. The van der Waals surface area contributed by atoms with Crippen molar-refractivity contribution in [1.29, 1.82) is 0 Å². The number of aromatic nitrogens is 3. The maximum Gasteiger partial charge on any atom is 0.333 e. The molecule has 1 amide bonds. The van der Waals surface area contributed by atoms with Gasteiger partial charge in [-0.15, -0.1) is 0 Å². The van der Waals surface area contributed by atoms with Crippen molar-refractivity contribution >= 4 is 39.3 Å². The first kappa shape index (κ1) is 27.0. The van der Waals surface area contributed by atoms with Crippen molar-refractivity contribution in [2.75, 3.05) is 0 Å². The number of para-hydroxylation sites is 1. The summed E-state index contributed by atoms with van der Waals surface area (Å²) >= 11 is 6.22. The van der Waals surface area contributed by atoms with Crippen LogP contribution in [-0.4, -0.2) is 31.7 Å². The molecule has 1 unspecified atom stereocenters. The highest BCUT2D eigenvalue weighted by Crippen LogP contribution is 2.48. The van der Waals surface area contributed by atoms with Crippen molar-refractivity contribution in [1.82, 2.24) is 14.5 Å². The number of carbonyl (C=O) groups excluding carboxylic acids is 1. The smallest absolute Gasteiger partial charge is 0.333 e. The number of alkyl halides is 1. The van der Waals surface area contributed by atoms with Crippen molar-refractivity contribution in [2.24, 2.45) is 5.73 Å². The number of aliphatic hydroxyl groups is 1. The van der Waals surface area contributed by atoms with E-state index in [0.717, 1.165) is 4.57 Å². The van der Waals surface area contributed by atoms with Crippen molar-refractivity contribution in [3.05, 3.63) is 108 Å². The van der Waals surface area contributed by atoms with E-state index in [2.05, 4.69) is 9.97 Å². The van der Waals surface area contributed by atoms with Crippen LogP contribution in [0.1, 0.15) is 60.1 Å². The average molecular weight is 575 g/mol. The van der Waals surface area contributed by atoms with Crippen molar-refractivity contribution < 1.29 is 14.3 Å². The van der Waals surface area contributed by atoms with Crippen molar-refractivity contribution in [3.8, 4) is 5.69 Å². The highest BCUT2D eigenvalue weighted by atomic mass is 35.5. The molecule has 0 aliphatic heterocycles. The van der Waals surface area contributed by atoms with E-state index < -0.39 is 40.8 Å². The minimum Gasteiger partial charge on any atom is -0.386 e. The van der Waals surface area contributed by atoms with Crippen LogP contribution in [0.25, 0.3) is 27.5 Å². The molecule has 1 aliphatic carbocycles. The highest BCUT2D eigenvalue weighted by Gasteiger charge is 2.42. The first-order valence-electron chi connectivity index (χ1n) is 13.2. The average Bonchev–Trinajstić information content (AvgIpc) is 3.28. The Hall–Kier alpha value is -4.21. The lowest BCUT2D eigenvalue weighted by atomic mass is 9.73. The standard InChI is InChI=1S/C31H28ClFN4O4/c1-14-16(6-5-9-23(14)37-29(39)18-7-4-8-20(32)26(18)36-30(37)40)24-21(33)13-19(28(34)38)27-25(24)17-11-10-15(31(2,3)41)12-22(17)35-27/h4-12,19,21,24,35,41H,13H2,1-3H3,(H2,34,38)(H,36,40)/t19-,21+,24?/m0/s1. The highest BCUT2D eigenvalue weighted by molar-refractivity contribution is 6.34. The van der Waals surface area contributed by atoms with Gasteiger partial charge in [-0.05, 0) is 73.7 Å². The third-order valence-corrected chi connectivity index (χ3v) is 8.52. The maximum absolute atomic E-state index is 16.2. The van der Waals surface area contributed by atoms with Gasteiger partial charge in [0, 0.05) is 22.5 Å². The topological polar surface area (TPSA) is 134 Å². The number of halogens is 2. The van der Waals surface area contributed by atoms with Crippen LogP contribution in [0.4, 0.5) is 4.39 Å². The lowest BCUT2D eigenvalue weighted by molar-refractivity contribution is -0.120. The first-order chi connectivity index (χ1) is 19.4. The van der Waals surface area contributed by atoms with Crippen LogP contribution in [0.2, 0.25) is 5.02 Å². The van der Waals surface area contributed by atoms with Gasteiger partial charge in [-0.3, -0.25) is 9.59 Å². The summed E-state index contributed by atoms with van der Waals surface area (Å²) in [4.78, 5) is 45.1. The van der Waals surface area contributed by atoms with E-state index in [9.17, 15) is 19.5 Å². The van der Waals surface area contributed by atoms with Crippen LogP contribution in [0.15, 0.2) is 64.2 Å². The van der Waals surface area contributed by atoms with Crippen LogP contribution in [0.5, 0.6) is 0 Å². The number of aromatic amines is 2. The Morgan fingerprint density at radius 2 is 1.83 bits per heavy atom. The molecule has 3 aromatic carbocycles. The first-order valence-corrected chi connectivity index (χ1v) is 13.6. The van der Waals surface area contributed by atoms with E-state index in [1.807, 2.05) is 6.07 Å². The number of primary amides is 1. The zero-order valence-corrected chi connectivity index (χ0v) is 23.3. The number of hydrogen-bond acceptors (Lipinski definition) is 4. The molecular weight excluding hydrogens is 547 g/mol. The second-order valence-corrected chi connectivity index (χ2v) is 11.6. The number of hydrogen-bond donors (Lipinski definition) is 4. The Morgan fingerprint density at radius 3 is 2.54 bits per heavy atom. The molecule has 210 valence electrons. The quantitative estimate of drug-likeness (QED) is 0.245. The maximum atomic E-state index is 16.2. The van der Waals surface area contributed by atoms with E-state index in [4.69, 9.17) is 17.3 Å². The summed E-state index contributed by atoms with van der Waals surface area (Å²) in [5.41, 5.74) is 7.48. The number of nitrogens with one attached hydrogen (secondary N) is 2. The predicted octanol–water partition coefficient (Wildman–Crippen LogP) is 4.79. The molecule has 1 aliphatic rings. The third kappa shape index (κ3) is 4.19. The number of benzene rings is 3. The van der Waals surface area contributed by atoms with E-state index in [-0.39, 0.29) is 22.3 Å². The monoisotopic (exact) mass is 574 g/mol. The number of fused-ring (bicyclic) bond motifs is 4. The Kier molecular flexibility index (Phi) is 6.20. The fraction of sp³-hybridized carbons (Fsp3) is 0.258. The third-order valence-electron chi connectivity index (χ3n) is 8.21. The summed E-state index contributed by atoms with van der Waals surface area (Å²) in [5, 5.41) is 11.7. The van der Waals surface area contributed by atoms with Gasteiger partial charge in [0.25, 0.3) is 5.56 Å². The van der Waals surface area contributed by atoms with Crippen molar-refractivity contribution in [3.63, 3.8) is 0 Å². The SMILES string of the molecule is Cc1c(C2c3c([nH]c4cc(C(C)(C)O)ccc34)[C@@H](C(N)=O)C[C@H]2F)cccc1-n1c(=O)[nH]c2c(Cl)cccc2c1=O. The molecule has 8 nitrogen and oxygen atoms in total. The Balaban J connectivity index is 1.59. The molecule has 0 saturated heterocycles.